The predicted octanol–water partition coefficient (Wildman–Crippen LogP) is 5.87. The highest BCUT2D eigenvalue weighted by atomic mass is 32.2. The number of aromatic hydroxyl groups is 1. The molecule has 0 aliphatic carbocycles. The van der Waals surface area contributed by atoms with Crippen molar-refractivity contribution in [3.05, 3.63) is 144 Å². The molecule has 0 aliphatic heterocycles. The number of carbonyl (C=O) groups is 2. The highest BCUT2D eigenvalue weighted by molar-refractivity contribution is 7.89. The SMILES string of the molecule is COc1ccc(CN(C(=O)CNS(=O)(=O)c2ccc(-c3ccccc3)c(Cc3ccccc3)c2)c2ccc(O)c(C(=O)O)c2)cc1. The quantitative estimate of drug-likeness (QED) is 0.156. The molecule has 0 saturated carbocycles. The number of hydrogen-bond acceptors (Lipinski definition) is 6. The molecule has 0 spiro atoms. The number of methoxy groups -OCH3 is 1. The molecular weight excluding hydrogens is 604 g/mol. The lowest BCUT2D eigenvalue weighted by Crippen LogP contribution is -2.40. The van der Waals surface area contributed by atoms with Crippen LogP contribution in [-0.2, 0) is 27.8 Å². The second-order valence-electron chi connectivity index (χ2n) is 10.5. The summed E-state index contributed by atoms with van der Waals surface area (Å²) in [7, 11) is -2.61. The fraction of sp³-hybridized carbons (Fsp3) is 0.111. The molecule has 0 unspecified atom stereocenters. The summed E-state index contributed by atoms with van der Waals surface area (Å²) in [5.41, 5.74) is 4.13. The largest absolute Gasteiger partial charge is 0.507 e. The Morgan fingerprint density at radius 3 is 2.13 bits per heavy atom. The Morgan fingerprint density at radius 1 is 0.804 bits per heavy atom. The van der Waals surface area contributed by atoms with Gasteiger partial charge in [0.05, 0.1) is 25.1 Å². The van der Waals surface area contributed by atoms with Crippen LogP contribution in [0.3, 0.4) is 0 Å². The average molecular weight is 637 g/mol. The average Bonchev–Trinajstić information content (AvgIpc) is 3.07. The molecule has 234 valence electrons. The van der Waals surface area contributed by atoms with Crippen LogP contribution >= 0.6 is 0 Å². The second-order valence-corrected chi connectivity index (χ2v) is 12.3. The maximum atomic E-state index is 13.6. The van der Waals surface area contributed by atoms with Crippen LogP contribution in [0.2, 0.25) is 0 Å². The number of carbonyl (C=O) groups excluding carboxylic acids is 1. The lowest BCUT2D eigenvalue weighted by Gasteiger charge is -2.24. The Labute approximate surface area is 267 Å². The molecule has 5 rings (SSSR count). The van der Waals surface area contributed by atoms with Crippen molar-refractivity contribution < 1.29 is 33.0 Å². The lowest BCUT2D eigenvalue weighted by atomic mass is 9.95. The van der Waals surface area contributed by atoms with Crippen LogP contribution < -0.4 is 14.4 Å². The van der Waals surface area contributed by atoms with Crippen molar-refractivity contribution in [2.75, 3.05) is 18.6 Å². The van der Waals surface area contributed by atoms with Crippen LogP contribution in [0.4, 0.5) is 5.69 Å². The molecule has 0 aromatic heterocycles. The van der Waals surface area contributed by atoms with E-state index >= 15 is 0 Å². The first kappa shape index (κ1) is 32.0. The first-order chi connectivity index (χ1) is 22.1. The van der Waals surface area contributed by atoms with Crippen molar-refractivity contribution in [1.82, 2.24) is 4.72 Å². The number of anilines is 1. The second kappa shape index (κ2) is 14.1. The molecule has 0 bridgehead atoms. The summed E-state index contributed by atoms with van der Waals surface area (Å²) in [6.07, 6.45) is 0.496. The molecule has 0 saturated heterocycles. The number of sulfonamides is 1. The van der Waals surface area contributed by atoms with E-state index in [2.05, 4.69) is 4.72 Å². The van der Waals surface area contributed by atoms with Crippen molar-refractivity contribution in [3.8, 4) is 22.6 Å². The van der Waals surface area contributed by atoms with Gasteiger partial charge in [-0.15, -0.1) is 0 Å². The van der Waals surface area contributed by atoms with Gasteiger partial charge >= 0.3 is 5.97 Å². The standard InChI is InChI=1S/C36H32N2O7S/c1-45-30-15-12-26(13-16-30)24-38(29-14-19-34(39)33(22-29)36(41)42)35(40)23-37-46(43,44)31-17-18-32(27-10-6-3-7-11-27)28(21-31)20-25-8-4-2-5-9-25/h2-19,21-22,37,39H,20,23-24H2,1H3,(H,41,42). The molecule has 0 aliphatic rings. The van der Waals surface area contributed by atoms with E-state index < -0.39 is 39.8 Å². The van der Waals surface area contributed by atoms with Crippen molar-refractivity contribution in [2.45, 2.75) is 17.9 Å². The molecule has 0 radical (unpaired) electrons. The minimum atomic E-state index is -4.14. The molecule has 10 heteroatoms. The van der Waals surface area contributed by atoms with E-state index in [9.17, 15) is 28.2 Å². The maximum absolute atomic E-state index is 13.6. The summed E-state index contributed by atoms with van der Waals surface area (Å²) in [5, 5.41) is 19.6. The van der Waals surface area contributed by atoms with Gasteiger partial charge in [-0.1, -0.05) is 78.9 Å². The summed E-state index contributed by atoms with van der Waals surface area (Å²) in [4.78, 5) is 26.6. The highest BCUT2D eigenvalue weighted by Crippen LogP contribution is 2.29. The Hall–Kier alpha value is -5.45. The number of phenols is 1. The number of ether oxygens (including phenoxy) is 1. The number of hydrogen-bond donors (Lipinski definition) is 3. The van der Waals surface area contributed by atoms with E-state index in [1.807, 2.05) is 60.7 Å². The van der Waals surface area contributed by atoms with Crippen LogP contribution in [0.25, 0.3) is 11.1 Å². The van der Waals surface area contributed by atoms with Gasteiger partial charge in [0, 0.05) is 5.69 Å². The number of aromatic carboxylic acids is 1. The van der Waals surface area contributed by atoms with E-state index in [-0.39, 0.29) is 17.1 Å². The van der Waals surface area contributed by atoms with Gasteiger partial charge in [0.2, 0.25) is 15.9 Å². The molecule has 5 aromatic carbocycles. The summed E-state index contributed by atoms with van der Waals surface area (Å²) in [5.74, 6) is -1.86. The zero-order chi connectivity index (χ0) is 32.7. The number of carboxylic acids is 1. The zero-order valence-electron chi connectivity index (χ0n) is 25.0. The summed E-state index contributed by atoms with van der Waals surface area (Å²) < 4.78 is 34.7. The monoisotopic (exact) mass is 636 g/mol. The zero-order valence-corrected chi connectivity index (χ0v) is 25.8. The molecule has 0 fully saturated rings. The van der Waals surface area contributed by atoms with E-state index in [4.69, 9.17) is 4.74 Å². The molecule has 0 atom stereocenters. The van der Waals surface area contributed by atoms with E-state index in [0.29, 0.717) is 17.7 Å². The third-order valence-electron chi connectivity index (χ3n) is 7.45. The first-order valence-corrected chi connectivity index (χ1v) is 15.8. The summed E-state index contributed by atoms with van der Waals surface area (Å²) in [6, 6.07) is 35.0. The molecular formula is C36H32N2O7S. The molecule has 0 heterocycles. The van der Waals surface area contributed by atoms with Crippen molar-refractivity contribution in [3.63, 3.8) is 0 Å². The van der Waals surface area contributed by atoms with Crippen molar-refractivity contribution >= 4 is 27.6 Å². The minimum absolute atomic E-state index is 0.00137. The summed E-state index contributed by atoms with van der Waals surface area (Å²) in [6.45, 7) is -0.600. The normalized spacial score (nSPS) is 11.2. The molecule has 5 aromatic rings. The Balaban J connectivity index is 1.43. The number of carboxylic acid groups (broad SMARTS) is 1. The van der Waals surface area contributed by atoms with Gasteiger partial charge in [-0.25, -0.2) is 17.9 Å². The van der Waals surface area contributed by atoms with Crippen LogP contribution in [-0.4, -0.2) is 44.2 Å². The Bertz CT molecular complexity index is 1950. The van der Waals surface area contributed by atoms with Gasteiger partial charge < -0.3 is 19.8 Å². The Kier molecular flexibility index (Phi) is 9.80. The third-order valence-corrected chi connectivity index (χ3v) is 8.84. The fourth-order valence-corrected chi connectivity index (χ4v) is 6.06. The number of nitrogens with one attached hydrogen (secondary N) is 1. The van der Waals surface area contributed by atoms with Crippen LogP contribution in [0, 0.1) is 0 Å². The number of rotatable bonds is 12. The van der Waals surface area contributed by atoms with Gasteiger partial charge in [0.25, 0.3) is 0 Å². The minimum Gasteiger partial charge on any atom is -0.507 e. The van der Waals surface area contributed by atoms with Crippen molar-refractivity contribution in [1.29, 1.82) is 0 Å². The Morgan fingerprint density at radius 2 is 1.48 bits per heavy atom. The molecule has 9 nitrogen and oxygen atoms in total. The number of benzene rings is 5. The van der Waals surface area contributed by atoms with Gasteiger partial charge in [-0.2, -0.15) is 0 Å². The van der Waals surface area contributed by atoms with Gasteiger partial charge in [-0.3, -0.25) is 4.79 Å². The van der Waals surface area contributed by atoms with E-state index in [1.165, 1.54) is 36.3 Å². The van der Waals surface area contributed by atoms with Gasteiger partial charge in [0.1, 0.15) is 17.1 Å². The van der Waals surface area contributed by atoms with Gasteiger partial charge in [-0.05, 0) is 76.7 Å². The first-order valence-electron chi connectivity index (χ1n) is 14.4. The molecule has 3 N–H and O–H groups in total. The van der Waals surface area contributed by atoms with Gasteiger partial charge in [0.15, 0.2) is 0 Å². The van der Waals surface area contributed by atoms with Crippen molar-refractivity contribution in [2.24, 2.45) is 0 Å². The predicted molar refractivity (Wildman–Crippen MR) is 176 cm³/mol. The van der Waals surface area contributed by atoms with Crippen LogP contribution in [0.15, 0.2) is 126 Å². The third kappa shape index (κ3) is 7.60. The van der Waals surface area contributed by atoms with Crippen LogP contribution in [0.1, 0.15) is 27.0 Å². The highest BCUT2D eigenvalue weighted by Gasteiger charge is 2.23. The topological polar surface area (TPSA) is 133 Å². The maximum Gasteiger partial charge on any atom is 0.339 e. The fourth-order valence-electron chi connectivity index (χ4n) is 5.03. The summed E-state index contributed by atoms with van der Waals surface area (Å²) >= 11 is 0. The van der Waals surface area contributed by atoms with E-state index in [0.717, 1.165) is 22.3 Å². The number of amides is 1. The number of nitrogens with zero attached hydrogens (tertiary/aromatic N) is 1. The smallest absolute Gasteiger partial charge is 0.339 e. The van der Waals surface area contributed by atoms with E-state index in [1.54, 1.807) is 36.4 Å². The lowest BCUT2D eigenvalue weighted by molar-refractivity contribution is -0.117. The molecule has 46 heavy (non-hydrogen) atoms. The molecule has 1 amide bonds. The van der Waals surface area contributed by atoms with Crippen LogP contribution in [0.5, 0.6) is 11.5 Å².